The maximum Gasteiger partial charge on any atom is 0.219 e. The van der Waals surface area contributed by atoms with Gasteiger partial charge in [-0.05, 0) is 38.5 Å². The fourth-order valence-corrected chi connectivity index (χ4v) is 6.47. The summed E-state index contributed by atoms with van der Waals surface area (Å²) in [5.41, 5.74) is 0. The molecule has 0 bridgehead atoms. The van der Waals surface area contributed by atoms with Gasteiger partial charge in [0.2, 0.25) is 5.91 Å². The highest BCUT2D eigenvalue weighted by Crippen LogP contribution is 2.46. The number of hydrogen-bond donors (Lipinski definition) is 0. The smallest absolute Gasteiger partial charge is 0.219 e. The van der Waals surface area contributed by atoms with Gasteiger partial charge in [0.25, 0.3) is 0 Å². The first kappa shape index (κ1) is 17.5. The van der Waals surface area contributed by atoms with Crippen molar-refractivity contribution < 1.29 is 4.79 Å². The van der Waals surface area contributed by atoms with Crippen LogP contribution in [-0.2, 0) is 4.79 Å². The van der Waals surface area contributed by atoms with Gasteiger partial charge in [0.1, 0.15) is 0 Å². The van der Waals surface area contributed by atoms with Gasteiger partial charge in [-0.2, -0.15) is 0 Å². The van der Waals surface area contributed by atoms with Crippen molar-refractivity contribution in [3.05, 3.63) is 0 Å². The predicted molar refractivity (Wildman–Crippen MR) is 94.7 cm³/mol. The van der Waals surface area contributed by atoms with Gasteiger partial charge in [-0.15, -0.1) is 0 Å². The van der Waals surface area contributed by atoms with Gasteiger partial charge >= 0.3 is 0 Å². The van der Waals surface area contributed by atoms with Crippen molar-refractivity contribution in [2.24, 2.45) is 11.8 Å². The van der Waals surface area contributed by atoms with Crippen LogP contribution in [0.25, 0.3) is 0 Å². The first-order chi connectivity index (χ1) is 9.88. The lowest BCUT2D eigenvalue weighted by atomic mass is 9.87. The molecule has 0 N–H and O–H groups in total. The minimum absolute atomic E-state index is 0.224. The Bertz CT molecular complexity index is 354. The van der Waals surface area contributed by atoms with Crippen LogP contribution >= 0.6 is 21.6 Å². The highest BCUT2D eigenvalue weighted by Gasteiger charge is 2.34. The maximum atomic E-state index is 11.4. The highest BCUT2D eigenvalue weighted by atomic mass is 33.1. The molecular weight excluding hydrogens is 300 g/mol. The molecule has 0 aliphatic carbocycles. The number of carbonyl (C=O) groups excluding carboxylic acids is 1. The molecule has 21 heavy (non-hydrogen) atoms. The average molecular weight is 331 g/mol. The van der Waals surface area contributed by atoms with Crippen LogP contribution in [0.3, 0.4) is 0 Å². The first-order valence-electron chi connectivity index (χ1n) is 8.17. The van der Waals surface area contributed by atoms with Crippen molar-refractivity contribution >= 4 is 27.5 Å². The summed E-state index contributed by atoms with van der Waals surface area (Å²) in [6, 6.07) is 0. The van der Waals surface area contributed by atoms with Crippen molar-refractivity contribution in [1.29, 1.82) is 0 Å². The van der Waals surface area contributed by atoms with E-state index in [-0.39, 0.29) is 5.91 Å². The van der Waals surface area contributed by atoms with E-state index < -0.39 is 0 Å². The van der Waals surface area contributed by atoms with Crippen molar-refractivity contribution in [3.8, 4) is 0 Å². The number of piperazine rings is 1. The Labute approximate surface area is 138 Å². The lowest BCUT2D eigenvalue weighted by Crippen LogP contribution is -2.50. The van der Waals surface area contributed by atoms with E-state index in [4.69, 9.17) is 0 Å². The van der Waals surface area contributed by atoms with Crippen molar-refractivity contribution in [1.82, 2.24) is 9.80 Å². The zero-order valence-electron chi connectivity index (χ0n) is 13.9. The minimum Gasteiger partial charge on any atom is -0.340 e. The molecule has 5 heteroatoms. The lowest BCUT2D eigenvalue weighted by molar-refractivity contribution is -0.130. The number of amides is 1. The fraction of sp³-hybridized carbons (Fsp3) is 0.938. The largest absolute Gasteiger partial charge is 0.340 e. The van der Waals surface area contributed by atoms with Gasteiger partial charge in [0, 0.05) is 50.1 Å². The number of nitrogens with zero attached hydrogens (tertiary/aromatic N) is 2. The zero-order chi connectivity index (χ0) is 15.5. The predicted octanol–water partition coefficient (Wildman–Crippen LogP) is 3.36. The monoisotopic (exact) mass is 330 g/mol. The van der Waals surface area contributed by atoms with Crippen LogP contribution in [0, 0.1) is 11.8 Å². The summed E-state index contributed by atoms with van der Waals surface area (Å²) in [5.74, 6) is 3.11. The summed E-state index contributed by atoms with van der Waals surface area (Å²) >= 11 is 0. The quantitative estimate of drug-likeness (QED) is 0.725. The number of rotatable bonds is 2. The molecule has 0 aromatic carbocycles. The minimum atomic E-state index is 0.224. The highest BCUT2D eigenvalue weighted by molar-refractivity contribution is 8.77. The van der Waals surface area contributed by atoms with E-state index in [1.54, 1.807) is 6.92 Å². The van der Waals surface area contributed by atoms with E-state index >= 15 is 0 Å². The maximum absolute atomic E-state index is 11.4. The molecule has 0 radical (unpaired) electrons. The third kappa shape index (κ3) is 5.07. The van der Waals surface area contributed by atoms with E-state index in [0.717, 1.165) is 38.0 Å². The molecule has 1 amide bonds. The lowest BCUT2D eigenvalue weighted by Gasteiger charge is -2.41. The standard InChI is InChI=1S/C16H30N2OS2/c1-13-5-6-15(16(3,4)21-20-12-13)11-17-7-9-18(10-8-17)14(2)19/h13,15H,5-12H2,1-4H3. The van der Waals surface area contributed by atoms with E-state index in [1.165, 1.54) is 25.1 Å². The summed E-state index contributed by atoms with van der Waals surface area (Å²) < 4.78 is 0.350. The molecule has 0 spiro atoms. The van der Waals surface area contributed by atoms with E-state index in [1.807, 2.05) is 4.90 Å². The van der Waals surface area contributed by atoms with Crippen LogP contribution in [0.15, 0.2) is 0 Å². The zero-order valence-corrected chi connectivity index (χ0v) is 15.6. The molecule has 0 aromatic heterocycles. The van der Waals surface area contributed by atoms with Crippen LogP contribution < -0.4 is 0 Å². The third-order valence-electron chi connectivity index (χ3n) is 4.91. The van der Waals surface area contributed by atoms with Crippen LogP contribution in [0.1, 0.15) is 40.5 Å². The molecule has 2 aliphatic rings. The molecule has 0 aromatic rings. The van der Waals surface area contributed by atoms with E-state index in [2.05, 4.69) is 47.3 Å². The molecule has 122 valence electrons. The molecule has 2 heterocycles. The second-order valence-electron chi connectivity index (χ2n) is 7.16. The van der Waals surface area contributed by atoms with Crippen LogP contribution in [0.4, 0.5) is 0 Å². The summed E-state index contributed by atoms with van der Waals surface area (Å²) in [6.45, 7) is 14.0. The third-order valence-corrected chi connectivity index (χ3v) is 8.55. The molecule has 2 saturated heterocycles. The molecule has 2 unspecified atom stereocenters. The topological polar surface area (TPSA) is 23.6 Å². The molecular formula is C16H30N2OS2. The van der Waals surface area contributed by atoms with Crippen LogP contribution in [-0.4, -0.2) is 58.9 Å². The van der Waals surface area contributed by atoms with Gasteiger partial charge in [0.05, 0.1) is 0 Å². The normalized spacial score (nSPS) is 31.5. The van der Waals surface area contributed by atoms with Gasteiger partial charge in [-0.1, -0.05) is 28.5 Å². The molecule has 3 nitrogen and oxygen atoms in total. The van der Waals surface area contributed by atoms with E-state index in [0.29, 0.717) is 4.75 Å². The first-order valence-corrected chi connectivity index (χ1v) is 10.5. The summed E-state index contributed by atoms with van der Waals surface area (Å²) in [6.07, 6.45) is 2.70. The molecule has 2 atom stereocenters. The Hall–Kier alpha value is 0.130. The average Bonchev–Trinajstić information content (AvgIpc) is 2.42. The van der Waals surface area contributed by atoms with E-state index in [9.17, 15) is 4.79 Å². The summed E-state index contributed by atoms with van der Waals surface area (Å²) in [7, 11) is 4.15. The summed E-state index contributed by atoms with van der Waals surface area (Å²) in [5, 5.41) is 0. The second-order valence-corrected chi connectivity index (χ2v) is 10.2. The summed E-state index contributed by atoms with van der Waals surface area (Å²) in [4.78, 5) is 16.0. The number of carbonyl (C=O) groups is 1. The van der Waals surface area contributed by atoms with Crippen LogP contribution in [0.5, 0.6) is 0 Å². The Morgan fingerprint density at radius 1 is 1.19 bits per heavy atom. The number of hydrogen-bond acceptors (Lipinski definition) is 4. The van der Waals surface area contributed by atoms with Gasteiger partial charge in [0.15, 0.2) is 0 Å². The van der Waals surface area contributed by atoms with Crippen molar-refractivity contribution in [3.63, 3.8) is 0 Å². The molecule has 0 saturated carbocycles. The SMILES string of the molecule is CC(=O)N1CCN(CC2CCC(C)CSSC2(C)C)CC1. The fourth-order valence-electron chi connectivity index (χ4n) is 3.15. The second kappa shape index (κ2) is 7.60. The Balaban J connectivity index is 1.89. The Kier molecular flexibility index (Phi) is 6.33. The molecule has 2 rings (SSSR count). The molecule has 2 aliphatic heterocycles. The van der Waals surface area contributed by atoms with Gasteiger partial charge < -0.3 is 4.90 Å². The Morgan fingerprint density at radius 2 is 1.86 bits per heavy atom. The van der Waals surface area contributed by atoms with Crippen molar-refractivity contribution in [2.45, 2.75) is 45.3 Å². The van der Waals surface area contributed by atoms with Gasteiger partial charge in [-0.25, -0.2) is 0 Å². The van der Waals surface area contributed by atoms with Crippen LogP contribution in [0.2, 0.25) is 0 Å². The molecule has 2 fully saturated rings. The van der Waals surface area contributed by atoms with Gasteiger partial charge in [-0.3, -0.25) is 9.69 Å². The van der Waals surface area contributed by atoms with Crippen molar-refractivity contribution in [2.75, 3.05) is 38.5 Å². The Morgan fingerprint density at radius 3 is 2.48 bits per heavy atom.